The maximum absolute atomic E-state index is 11.8. The van der Waals surface area contributed by atoms with E-state index in [-0.39, 0.29) is 22.5 Å². The number of carbonyl (C=O) groups excluding carboxylic acids is 2. The highest BCUT2D eigenvalue weighted by Crippen LogP contribution is 2.31. The monoisotopic (exact) mass is 323 g/mol. The maximum Gasteiger partial charge on any atom is 0.350 e. The standard InChI is InChI=1S/C12H13N5O4S/c1-6-14-11(16-12(15-6)21-3)17(10(13)19)7-4-5-22-8(7)9(18)20-2/h4-5H,1-3H3,(H2,13,19). The molecule has 0 fully saturated rings. The Hall–Kier alpha value is -2.75. The van der Waals surface area contributed by atoms with Crippen LogP contribution >= 0.6 is 11.3 Å². The van der Waals surface area contributed by atoms with Gasteiger partial charge in [-0.15, -0.1) is 11.3 Å². The first-order valence-corrected chi connectivity index (χ1v) is 6.88. The molecule has 0 aliphatic rings. The van der Waals surface area contributed by atoms with Crippen molar-refractivity contribution < 1.29 is 19.1 Å². The molecule has 0 aromatic carbocycles. The lowest BCUT2D eigenvalue weighted by atomic mass is 10.3. The number of ether oxygens (including phenoxy) is 2. The van der Waals surface area contributed by atoms with E-state index in [1.807, 2.05) is 0 Å². The Morgan fingerprint density at radius 1 is 1.27 bits per heavy atom. The van der Waals surface area contributed by atoms with Gasteiger partial charge in [-0.2, -0.15) is 15.0 Å². The van der Waals surface area contributed by atoms with E-state index >= 15 is 0 Å². The summed E-state index contributed by atoms with van der Waals surface area (Å²) in [5.74, 6) is -0.294. The molecule has 116 valence electrons. The van der Waals surface area contributed by atoms with Crippen LogP contribution in [0.1, 0.15) is 15.5 Å². The molecule has 2 aromatic heterocycles. The van der Waals surface area contributed by atoms with E-state index in [0.717, 1.165) is 16.2 Å². The molecule has 22 heavy (non-hydrogen) atoms. The van der Waals surface area contributed by atoms with Crippen LogP contribution in [0.4, 0.5) is 16.4 Å². The van der Waals surface area contributed by atoms with Crippen LogP contribution < -0.4 is 15.4 Å². The minimum absolute atomic E-state index is 0.0311. The first-order chi connectivity index (χ1) is 10.5. The molecule has 2 N–H and O–H groups in total. The predicted molar refractivity (Wildman–Crippen MR) is 78.5 cm³/mol. The summed E-state index contributed by atoms with van der Waals surface area (Å²) < 4.78 is 9.64. The van der Waals surface area contributed by atoms with Crippen molar-refractivity contribution in [2.24, 2.45) is 5.73 Å². The van der Waals surface area contributed by atoms with Gasteiger partial charge in [0, 0.05) is 0 Å². The number of thiophene rings is 1. The second-order valence-corrected chi connectivity index (χ2v) is 4.89. The zero-order chi connectivity index (χ0) is 16.3. The minimum atomic E-state index is -0.851. The Morgan fingerprint density at radius 2 is 2.00 bits per heavy atom. The van der Waals surface area contributed by atoms with Crippen molar-refractivity contribution in [1.29, 1.82) is 0 Å². The molecule has 0 aliphatic heterocycles. The summed E-state index contributed by atoms with van der Waals surface area (Å²) in [5.41, 5.74) is 5.64. The molecule has 10 heteroatoms. The largest absolute Gasteiger partial charge is 0.467 e. The van der Waals surface area contributed by atoms with E-state index in [4.69, 9.17) is 10.5 Å². The highest BCUT2D eigenvalue weighted by atomic mass is 32.1. The normalized spacial score (nSPS) is 10.1. The quantitative estimate of drug-likeness (QED) is 0.840. The number of urea groups is 1. The van der Waals surface area contributed by atoms with Gasteiger partial charge in [0.15, 0.2) is 0 Å². The number of rotatable bonds is 4. The number of anilines is 2. The van der Waals surface area contributed by atoms with Crippen LogP contribution in [0.5, 0.6) is 6.01 Å². The van der Waals surface area contributed by atoms with Gasteiger partial charge in [-0.05, 0) is 18.4 Å². The summed E-state index contributed by atoms with van der Waals surface area (Å²) in [7, 11) is 2.63. The number of esters is 1. The number of primary amides is 1. The lowest BCUT2D eigenvalue weighted by Gasteiger charge is -2.18. The molecule has 0 unspecified atom stereocenters. The van der Waals surface area contributed by atoms with Gasteiger partial charge >= 0.3 is 18.0 Å². The Balaban J connectivity index is 2.57. The lowest BCUT2D eigenvalue weighted by molar-refractivity contribution is 0.0607. The minimum Gasteiger partial charge on any atom is -0.467 e. The molecule has 2 rings (SSSR count). The van der Waals surface area contributed by atoms with Gasteiger partial charge in [0.1, 0.15) is 10.7 Å². The lowest BCUT2D eigenvalue weighted by Crippen LogP contribution is -2.33. The third kappa shape index (κ3) is 2.96. The number of nitrogens with two attached hydrogens (primary N) is 1. The molecule has 0 saturated carbocycles. The van der Waals surface area contributed by atoms with Crippen LogP contribution in [0.25, 0.3) is 0 Å². The molecule has 2 amide bonds. The van der Waals surface area contributed by atoms with Crippen LogP contribution in [0.15, 0.2) is 11.4 Å². The van der Waals surface area contributed by atoms with Gasteiger partial charge in [-0.3, -0.25) is 0 Å². The summed E-state index contributed by atoms with van der Waals surface area (Å²) >= 11 is 1.11. The third-order valence-electron chi connectivity index (χ3n) is 2.57. The number of methoxy groups -OCH3 is 2. The van der Waals surface area contributed by atoms with E-state index in [1.165, 1.54) is 14.2 Å². The number of amides is 2. The van der Waals surface area contributed by atoms with E-state index < -0.39 is 12.0 Å². The molecule has 0 saturated heterocycles. The van der Waals surface area contributed by atoms with Crippen LogP contribution in [-0.2, 0) is 4.74 Å². The number of hydrogen-bond acceptors (Lipinski definition) is 8. The fraction of sp³-hybridized carbons (Fsp3) is 0.250. The third-order valence-corrected chi connectivity index (χ3v) is 3.46. The molecular weight excluding hydrogens is 310 g/mol. The Bertz CT molecular complexity index is 717. The molecule has 0 bridgehead atoms. The SMILES string of the molecule is COC(=O)c1sccc1N(C(N)=O)c1nc(C)nc(OC)n1. The Kier molecular flexibility index (Phi) is 4.51. The van der Waals surface area contributed by atoms with Gasteiger partial charge in [-0.25, -0.2) is 14.5 Å². The van der Waals surface area contributed by atoms with Gasteiger partial charge in [0.05, 0.1) is 19.9 Å². The van der Waals surface area contributed by atoms with E-state index in [0.29, 0.717) is 5.82 Å². The van der Waals surface area contributed by atoms with Crippen LogP contribution in [-0.4, -0.2) is 41.2 Å². The molecule has 0 spiro atoms. The van der Waals surface area contributed by atoms with Crippen molar-refractivity contribution >= 4 is 35.0 Å². The van der Waals surface area contributed by atoms with Gasteiger partial charge in [-0.1, -0.05) is 0 Å². The molecule has 0 atom stereocenters. The second-order valence-electron chi connectivity index (χ2n) is 3.97. The van der Waals surface area contributed by atoms with Crippen LogP contribution in [0.2, 0.25) is 0 Å². The zero-order valence-corrected chi connectivity index (χ0v) is 12.9. The summed E-state index contributed by atoms with van der Waals surface area (Å²) in [6.07, 6.45) is 0. The number of nitrogens with zero attached hydrogens (tertiary/aromatic N) is 4. The average molecular weight is 323 g/mol. The fourth-order valence-corrected chi connectivity index (χ4v) is 2.48. The Labute approximate surface area is 129 Å². The smallest absolute Gasteiger partial charge is 0.350 e. The van der Waals surface area contributed by atoms with E-state index in [1.54, 1.807) is 18.4 Å². The van der Waals surface area contributed by atoms with E-state index in [2.05, 4.69) is 19.7 Å². The summed E-state index contributed by atoms with van der Waals surface area (Å²) in [4.78, 5) is 36.8. The van der Waals surface area contributed by atoms with Crippen LogP contribution in [0.3, 0.4) is 0 Å². The number of aromatic nitrogens is 3. The maximum atomic E-state index is 11.8. The van der Waals surface area contributed by atoms with Gasteiger partial charge in [0.25, 0.3) is 0 Å². The molecule has 2 heterocycles. The predicted octanol–water partition coefficient (Wildman–Crippen LogP) is 1.25. The summed E-state index contributed by atoms with van der Waals surface area (Å²) in [6, 6.07) is 0.729. The molecule has 0 aliphatic carbocycles. The fourth-order valence-electron chi connectivity index (χ4n) is 1.68. The van der Waals surface area contributed by atoms with Crippen molar-refractivity contribution in [1.82, 2.24) is 15.0 Å². The van der Waals surface area contributed by atoms with E-state index in [9.17, 15) is 9.59 Å². The second kappa shape index (κ2) is 6.35. The molecule has 0 radical (unpaired) electrons. The molecule has 2 aromatic rings. The zero-order valence-electron chi connectivity index (χ0n) is 12.1. The van der Waals surface area contributed by atoms with Crippen LogP contribution in [0, 0.1) is 6.92 Å². The highest BCUT2D eigenvalue weighted by molar-refractivity contribution is 7.12. The van der Waals surface area contributed by atoms with Crippen molar-refractivity contribution in [2.45, 2.75) is 6.92 Å². The summed E-state index contributed by atoms with van der Waals surface area (Å²) in [5, 5.41) is 1.63. The summed E-state index contributed by atoms with van der Waals surface area (Å²) in [6.45, 7) is 1.61. The van der Waals surface area contributed by atoms with Crippen molar-refractivity contribution in [2.75, 3.05) is 19.1 Å². The number of hydrogen-bond donors (Lipinski definition) is 1. The average Bonchev–Trinajstić information content (AvgIpc) is 2.94. The van der Waals surface area contributed by atoms with Crippen molar-refractivity contribution in [3.8, 4) is 6.01 Å². The van der Waals surface area contributed by atoms with Gasteiger partial charge in [0.2, 0.25) is 5.95 Å². The Morgan fingerprint density at radius 3 is 2.59 bits per heavy atom. The number of carbonyl (C=O) groups is 2. The van der Waals surface area contributed by atoms with Crippen molar-refractivity contribution in [3.63, 3.8) is 0 Å². The topological polar surface area (TPSA) is 121 Å². The highest BCUT2D eigenvalue weighted by Gasteiger charge is 2.26. The van der Waals surface area contributed by atoms with Gasteiger partial charge < -0.3 is 15.2 Å². The first kappa shape index (κ1) is 15.6. The molecular formula is C12H13N5O4S. The number of aryl methyl sites for hydroxylation is 1. The molecule has 9 nitrogen and oxygen atoms in total. The first-order valence-electron chi connectivity index (χ1n) is 6.00. The van der Waals surface area contributed by atoms with Crippen molar-refractivity contribution in [3.05, 3.63) is 22.1 Å².